The molecule has 7 heteroatoms. The summed E-state index contributed by atoms with van der Waals surface area (Å²) in [4.78, 5) is 12.6. The molecule has 0 spiro atoms. The predicted octanol–water partition coefficient (Wildman–Crippen LogP) is 3.52. The van der Waals surface area contributed by atoms with Gasteiger partial charge in [-0.15, -0.1) is 0 Å². The molecule has 2 aromatic rings. The second-order valence-corrected chi connectivity index (χ2v) is 8.68. The van der Waals surface area contributed by atoms with E-state index in [1.54, 1.807) is 24.3 Å². The van der Waals surface area contributed by atoms with Gasteiger partial charge in [-0.3, -0.25) is 4.79 Å². The van der Waals surface area contributed by atoms with Gasteiger partial charge in [0.2, 0.25) is 0 Å². The number of hydrogen-bond acceptors (Lipinski definition) is 5. The Morgan fingerprint density at radius 1 is 1.04 bits per heavy atom. The van der Waals surface area contributed by atoms with Crippen LogP contribution in [0.15, 0.2) is 42.5 Å². The van der Waals surface area contributed by atoms with Gasteiger partial charge in [0.25, 0.3) is 5.91 Å². The quantitative estimate of drug-likeness (QED) is 0.690. The summed E-state index contributed by atoms with van der Waals surface area (Å²) in [5.41, 5.74) is 1.89. The molecule has 0 aliphatic rings. The molecule has 1 unspecified atom stereocenters. The first-order valence-electron chi connectivity index (χ1n) is 9.20. The number of ether oxygens (including phenoxy) is 2. The zero-order chi connectivity index (χ0) is 20.7. The number of carbonyl (C=O) groups is 1. The first-order valence-corrected chi connectivity index (χ1v) is 11.3. The molecule has 0 radical (unpaired) electrons. The molecule has 1 amide bonds. The summed E-state index contributed by atoms with van der Waals surface area (Å²) in [6.45, 7) is 6.73. The van der Waals surface area contributed by atoms with Crippen LogP contribution < -0.4 is 14.8 Å². The summed E-state index contributed by atoms with van der Waals surface area (Å²) in [5, 5.41) is 2.94. The largest absolute Gasteiger partial charge is 0.490 e. The molecule has 0 aliphatic heterocycles. The highest BCUT2D eigenvalue weighted by atomic mass is 32.2. The minimum atomic E-state index is -3.16. The lowest BCUT2D eigenvalue weighted by Crippen LogP contribution is -2.26. The van der Waals surface area contributed by atoms with Crippen molar-refractivity contribution < 1.29 is 22.7 Å². The third kappa shape index (κ3) is 6.27. The maximum absolute atomic E-state index is 12.6. The molecule has 0 saturated heterocycles. The van der Waals surface area contributed by atoms with E-state index in [-0.39, 0.29) is 17.7 Å². The molecule has 1 atom stereocenters. The van der Waals surface area contributed by atoms with Gasteiger partial charge in [0.05, 0.1) is 25.0 Å². The Bertz CT molecular complexity index is 924. The third-order valence-corrected chi connectivity index (χ3v) is 4.89. The molecule has 0 saturated carbocycles. The lowest BCUT2D eigenvalue weighted by molar-refractivity contribution is 0.0939. The van der Waals surface area contributed by atoms with Crippen molar-refractivity contribution in [2.45, 2.75) is 32.6 Å². The first-order chi connectivity index (χ1) is 13.2. The van der Waals surface area contributed by atoms with Crippen molar-refractivity contribution in [3.8, 4) is 11.5 Å². The van der Waals surface area contributed by atoms with Crippen molar-refractivity contribution in [2.75, 3.05) is 19.5 Å². The van der Waals surface area contributed by atoms with Gasteiger partial charge >= 0.3 is 0 Å². The molecule has 152 valence electrons. The Balaban J connectivity index is 2.16. The fourth-order valence-electron chi connectivity index (χ4n) is 2.81. The molecule has 0 fully saturated rings. The Hall–Kier alpha value is -2.54. The number of hydrogen-bond donors (Lipinski definition) is 1. The Labute approximate surface area is 166 Å². The van der Waals surface area contributed by atoms with E-state index in [0.717, 1.165) is 5.56 Å². The van der Waals surface area contributed by atoms with E-state index < -0.39 is 9.84 Å². The van der Waals surface area contributed by atoms with Crippen LogP contribution in [0.2, 0.25) is 0 Å². The molecular formula is C21H27NO5S. The number of sulfone groups is 1. The Kier molecular flexibility index (Phi) is 7.45. The van der Waals surface area contributed by atoms with Gasteiger partial charge in [0.1, 0.15) is 0 Å². The molecule has 1 N–H and O–H groups in total. The van der Waals surface area contributed by atoms with Crippen molar-refractivity contribution in [3.05, 3.63) is 59.2 Å². The fraction of sp³-hybridized carbons (Fsp3) is 0.381. The Morgan fingerprint density at radius 2 is 1.71 bits per heavy atom. The average Bonchev–Trinajstić information content (AvgIpc) is 2.62. The normalized spacial score (nSPS) is 12.3. The maximum atomic E-state index is 12.6. The van der Waals surface area contributed by atoms with Gasteiger partial charge < -0.3 is 14.8 Å². The van der Waals surface area contributed by atoms with Crippen LogP contribution in [0, 0.1) is 0 Å². The van der Waals surface area contributed by atoms with E-state index in [0.29, 0.717) is 35.8 Å². The maximum Gasteiger partial charge on any atom is 0.251 e. The minimum absolute atomic E-state index is 0.0969. The molecule has 2 rings (SSSR count). The molecule has 2 aromatic carbocycles. The summed E-state index contributed by atoms with van der Waals surface area (Å²) in [6.07, 6.45) is 1.17. The smallest absolute Gasteiger partial charge is 0.251 e. The average molecular weight is 406 g/mol. The van der Waals surface area contributed by atoms with Gasteiger partial charge in [0, 0.05) is 11.8 Å². The number of carbonyl (C=O) groups excluding carboxylic acids is 1. The SMILES string of the molecule is CCOc1ccc(C(C)NC(=O)c2cccc(CS(C)(=O)=O)c2)cc1OCC. The molecule has 28 heavy (non-hydrogen) atoms. The van der Waals surface area contributed by atoms with Crippen molar-refractivity contribution >= 4 is 15.7 Å². The van der Waals surface area contributed by atoms with E-state index >= 15 is 0 Å². The molecule has 0 bridgehead atoms. The van der Waals surface area contributed by atoms with Gasteiger partial charge in [-0.2, -0.15) is 0 Å². The summed E-state index contributed by atoms with van der Waals surface area (Å²) >= 11 is 0. The second kappa shape index (κ2) is 9.59. The zero-order valence-corrected chi connectivity index (χ0v) is 17.5. The van der Waals surface area contributed by atoms with Crippen LogP contribution in [0.5, 0.6) is 11.5 Å². The van der Waals surface area contributed by atoms with E-state index in [9.17, 15) is 13.2 Å². The van der Waals surface area contributed by atoms with Crippen LogP contribution in [-0.2, 0) is 15.6 Å². The van der Waals surface area contributed by atoms with Gasteiger partial charge in [-0.25, -0.2) is 8.42 Å². The van der Waals surface area contributed by atoms with E-state index in [2.05, 4.69) is 5.32 Å². The van der Waals surface area contributed by atoms with Gasteiger partial charge in [-0.05, 0) is 56.2 Å². The Morgan fingerprint density at radius 3 is 2.36 bits per heavy atom. The lowest BCUT2D eigenvalue weighted by atomic mass is 10.1. The van der Waals surface area contributed by atoms with E-state index in [1.165, 1.54) is 6.26 Å². The summed E-state index contributed by atoms with van der Waals surface area (Å²) < 4.78 is 34.2. The van der Waals surface area contributed by atoms with Gasteiger partial charge in [-0.1, -0.05) is 18.2 Å². The van der Waals surface area contributed by atoms with Crippen LogP contribution in [0.1, 0.15) is 48.3 Å². The second-order valence-electron chi connectivity index (χ2n) is 6.54. The summed E-state index contributed by atoms with van der Waals surface area (Å²) in [5.74, 6) is 0.938. The minimum Gasteiger partial charge on any atom is -0.490 e. The van der Waals surface area contributed by atoms with E-state index in [1.807, 2.05) is 39.0 Å². The van der Waals surface area contributed by atoms with Crippen LogP contribution >= 0.6 is 0 Å². The molecule has 0 aromatic heterocycles. The topological polar surface area (TPSA) is 81.7 Å². The predicted molar refractivity (Wildman–Crippen MR) is 110 cm³/mol. The molecular weight excluding hydrogens is 378 g/mol. The van der Waals surface area contributed by atoms with E-state index in [4.69, 9.17) is 9.47 Å². The number of amides is 1. The summed E-state index contributed by atoms with van der Waals surface area (Å²) in [7, 11) is -3.16. The number of nitrogens with one attached hydrogen (secondary N) is 1. The monoisotopic (exact) mass is 405 g/mol. The third-order valence-electron chi connectivity index (χ3n) is 4.03. The number of rotatable bonds is 9. The lowest BCUT2D eigenvalue weighted by Gasteiger charge is -2.18. The first kappa shape index (κ1) is 21.8. The van der Waals surface area contributed by atoms with Crippen LogP contribution in [0.25, 0.3) is 0 Å². The van der Waals surface area contributed by atoms with Crippen LogP contribution in [-0.4, -0.2) is 33.8 Å². The highest BCUT2D eigenvalue weighted by molar-refractivity contribution is 7.89. The standard InChI is InChI=1S/C21H27NO5S/c1-5-26-19-11-10-17(13-20(19)27-6-2)15(3)22-21(23)18-9-7-8-16(12-18)14-28(4,24)25/h7-13,15H,5-6,14H2,1-4H3,(H,22,23). The van der Waals surface area contributed by atoms with Crippen molar-refractivity contribution in [1.29, 1.82) is 0 Å². The van der Waals surface area contributed by atoms with Crippen molar-refractivity contribution in [2.24, 2.45) is 0 Å². The molecule has 0 aliphatic carbocycles. The molecule has 0 heterocycles. The van der Waals surface area contributed by atoms with Gasteiger partial charge in [0.15, 0.2) is 21.3 Å². The summed E-state index contributed by atoms with van der Waals surface area (Å²) in [6, 6.07) is 12.0. The zero-order valence-electron chi connectivity index (χ0n) is 16.7. The molecule has 6 nitrogen and oxygen atoms in total. The van der Waals surface area contributed by atoms with Crippen molar-refractivity contribution in [1.82, 2.24) is 5.32 Å². The fourth-order valence-corrected chi connectivity index (χ4v) is 3.59. The number of benzene rings is 2. The van der Waals surface area contributed by atoms with Crippen molar-refractivity contribution in [3.63, 3.8) is 0 Å². The van der Waals surface area contributed by atoms with Crippen LogP contribution in [0.3, 0.4) is 0 Å². The highest BCUT2D eigenvalue weighted by Crippen LogP contribution is 2.30. The van der Waals surface area contributed by atoms with Crippen LogP contribution in [0.4, 0.5) is 0 Å². The highest BCUT2D eigenvalue weighted by Gasteiger charge is 2.15.